The Labute approximate surface area is 205 Å². The van der Waals surface area contributed by atoms with Gasteiger partial charge in [-0.2, -0.15) is 8.42 Å². The monoisotopic (exact) mass is 501 g/mol. The van der Waals surface area contributed by atoms with E-state index >= 15 is 0 Å². The molecule has 0 saturated carbocycles. The van der Waals surface area contributed by atoms with Crippen LogP contribution in [0, 0.1) is 11.3 Å². The number of carbonyl (C=O) groups is 1. The SMILES string of the molecule is CCCc1ccc(-c2nc3ccc(S(=O)(=O)OC(=O)C4CCOC(C(C)(C)C)C4)cc3s2)cc1. The van der Waals surface area contributed by atoms with Gasteiger partial charge in [-0.15, -0.1) is 11.3 Å². The van der Waals surface area contributed by atoms with Crippen LogP contribution in [0.4, 0.5) is 0 Å². The fraction of sp³-hybridized carbons (Fsp3) is 0.462. The standard InChI is InChI=1S/C26H31NO5S2/c1-5-6-17-7-9-18(10-8-17)24-27-21-12-11-20(16-22(21)33-24)34(29,30)32-25(28)19-13-14-31-23(15-19)26(2,3)4/h7-12,16,19,23H,5-6,13-15H2,1-4H3. The molecule has 6 nitrogen and oxygen atoms in total. The second kappa shape index (κ2) is 9.76. The molecule has 0 amide bonds. The lowest BCUT2D eigenvalue weighted by Gasteiger charge is -2.36. The fourth-order valence-corrected chi connectivity index (χ4v) is 6.16. The number of ether oxygens (including phenoxy) is 1. The van der Waals surface area contributed by atoms with E-state index in [-0.39, 0.29) is 16.4 Å². The average molecular weight is 502 g/mol. The summed E-state index contributed by atoms with van der Waals surface area (Å²) < 4.78 is 37.4. The van der Waals surface area contributed by atoms with Crippen molar-refractivity contribution in [1.29, 1.82) is 0 Å². The predicted octanol–water partition coefficient (Wildman–Crippen LogP) is 5.99. The first-order valence-electron chi connectivity index (χ1n) is 11.7. The maximum absolute atomic E-state index is 12.9. The fourth-order valence-electron chi connectivity index (χ4n) is 4.13. The highest BCUT2D eigenvalue weighted by Crippen LogP contribution is 2.35. The van der Waals surface area contributed by atoms with Crippen LogP contribution in [0.25, 0.3) is 20.8 Å². The highest BCUT2D eigenvalue weighted by Gasteiger charge is 2.37. The third kappa shape index (κ3) is 5.50. The van der Waals surface area contributed by atoms with Gasteiger partial charge in [0.1, 0.15) is 9.90 Å². The van der Waals surface area contributed by atoms with Crippen LogP contribution >= 0.6 is 11.3 Å². The number of thiazole rings is 1. The van der Waals surface area contributed by atoms with Crippen LogP contribution in [0.5, 0.6) is 0 Å². The number of rotatable bonds is 6. The number of carbonyl (C=O) groups excluding carboxylic acids is 1. The molecule has 1 aliphatic rings. The minimum absolute atomic E-state index is 0.0405. The predicted molar refractivity (Wildman–Crippen MR) is 134 cm³/mol. The van der Waals surface area contributed by atoms with Crippen LogP contribution in [-0.2, 0) is 30.3 Å². The molecule has 0 aliphatic carbocycles. The molecule has 2 heterocycles. The number of benzene rings is 2. The van der Waals surface area contributed by atoms with Gasteiger partial charge in [-0.1, -0.05) is 58.4 Å². The summed E-state index contributed by atoms with van der Waals surface area (Å²) in [4.78, 5) is 17.3. The largest absolute Gasteiger partial charge is 0.378 e. The molecule has 1 aromatic heterocycles. The molecular formula is C26H31NO5S2. The molecule has 0 spiro atoms. The molecule has 3 aromatic rings. The molecule has 0 radical (unpaired) electrons. The van der Waals surface area contributed by atoms with Crippen LogP contribution in [-0.4, -0.2) is 32.1 Å². The van der Waals surface area contributed by atoms with Gasteiger partial charge in [0, 0.05) is 12.2 Å². The lowest BCUT2D eigenvalue weighted by molar-refractivity contribution is -0.146. The number of fused-ring (bicyclic) bond motifs is 1. The number of aromatic nitrogens is 1. The van der Waals surface area contributed by atoms with Crippen LogP contribution in [0.1, 0.15) is 52.5 Å². The van der Waals surface area contributed by atoms with Gasteiger partial charge in [0.15, 0.2) is 0 Å². The van der Waals surface area contributed by atoms with E-state index in [1.165, 1.54) is 29.0 Å². The first-order chi connectivity index (χ1) is 16.1. The van der Waals surface area contributed by atoms with Crippen LogP contribution in [0.3, 0.4) is 0 Å². The topological polar surface area (TPSA) is 82.6 Å². The first-order valence-corrected chi connectivity index (χ1v) is 13.9. The Morgan fingerprint density at radius 1 is 1.18 bits per heavy atom. The smallest absolute Gasteiger partial charge is 0.341 e. The van der Waals surface area contributed by atoms with Crippen molar-refractivity contribution < 1.29 is 22.1 Å². The minimum Gasteiger partial charge on any atom is -0.378 e. The highest BCUT2D eigenvalue weighted by atomic mass is 32.2. The lowest BCUT2D eigenvalue weighted by atomic mass is 9.81. The zero-order chi connectivity index (χ0) is 24.5. The quantitative estimate of drug-likeness (QED) is 0.386. The van der Waals surface area contributed by atoms with E-state index in [4.69, 9.17) is 8.92 Å². The normalized spacial score (nSPS) is 19.3. The molecule has 4 rings (SSSR count). The summed E-state index contributed by atoms with van der Waals surface area (Å²) in [5.74, 6) is -1.21. The van der Waals surface area contributed by atoms with Gasteiger partial charge in [0.05, 0.1) is 22.2 Å². The summed E-state index contributed by atoms with van der Waals surface area (Å²) in [7, 11) is -4.23. The van der Waals surface area contributed by atoms with Crippen molar-refractivity contribution in [3.05, 3.63) is 48.0 Å². The number of aryl methyl sites for hydroxylation is 1. The van der Waals surface area contributed by atoms with Crippen molar-refractivity contribution in [3.8, 4) is 10.6 Å². The second-order valence-electron chi connectivity index (χ2n) is 9.90. The molecule has 2 aromatic carbocycles. The van der Waals surface area contributed by atoms with Crippen molar-refractivity contribution in [2.45, 2.75) is 64.4 Å². The van der Waals surface area contributed by atoms with E-state index in [9.17, 15) is 13.2 Å². The van der Waals surface area contributed by atoms with Gasteiger partial charge in [-0.05, 0) is 48.4 Å². The van der Waals surface area contributed by atoms with Gasteiger partial charge in [0.25, 0.3) is 0 Å². The van der Waals surface area contributed by atoms with Gasteiger partial charge in [-0.3, -0.25) is 4.79 Å². The Bertz CT molecular complexity index is 1270. The van der Waals surface area contributed by atoms with Gasteiger partial charge >= 0.3 is 16.1 Å². The zero-order valence-electron chi connectivity index (χ0n) is 20.0. The molecule has 1 aliphatic heterocycles. The average Bonchev–Trinajstić information content (AvgIpc) is 3.22. The molecule has 1 saturated heterocycles. The maximum atomic E-state index is 12.9. The molecule has 2 unspecified atom stereocenters. The molecule has 34 heavy (non-hydrogen) atoms. The summed E-state index contributed by atoms with van der Waals surface area (Å²) >= 11 is 1.42. The van der Waals surface area contributed by atoms with E-state index in [0.717, 1.165) is 28.1 Å². The molecule has 0 N–H and O–H groups in total. The summed E-state index contributed by atoms with van der Waals surface area (Å²) in [5, 5.41) is 0.819. The third-order valence-corrected chi connectivity index (χ3v) is 8.45. The first kappa shape index (κ1) is 24.8. The number of hydrogen-bond donors (Lipinski definition) is 0. The lowest BCUT2D eigenvalue weighted by Crippen LogP contribution is -2.39. The summed E-state index contributed by atoms with van der Waals surface area (Å²) in [6.45, 7) is 8.69. The van der Waals surface area contributed by atoms with Crippen molar-refractivity contribution in [2.75, 3.05) is 6.61 Å². The van der Waals surface area contributed by atoms with Crippen LogP contribution in [0.15, 0.2) is 47.4 Å². The molecule has 1 fully saturated rings. The van der Waals surface area contributed by atoms with E-state index in [2.05, 4.69) is 24.0 Å². The van der Waals surface area contributed by atoms with E-state index < -0.39 is 22.0 Å². The Morgan fingerprint density at radius 2 is 1.91 bits per heavy atom. The van der Waals surface area contributed by atoms with Crippen LogP contribution in [0.2, 0.25) is 0 Å². The van der Waals surface area contributed by atoms with E-state index in [1.807, 2.05) is 32.9 Å². The van der Waals surface area contributed by atoms with Crippen molar-refractivity contribution in [1.82, 2.24) is 4.98 Å². The Morgan fingerprint density at radius 3 is 2.59 bits per heavy atom. The molecular weight excluding hydrogens is 470 g/mol. The summed E-state index contributed by atoms with van der Waals surface area (Å²) in [5.41, 5.74) is 2.84. The second-order valence-corrected chi connectivity index (χ2v) is 12.5. The zero-order valence-corrected chi connectivity index (χ0v) is 21.7. The third-order valence-electron chi connectivity index (χ3n) is 6.16. The highest BCUT2D eigenvalue weighted by molar-refractivity contribution is 7.87. The van der Waals surface area contributed by atoms with Crippen molar-refractivity contribution >= 4 is 37.6 Å². The summed E-state index contributed by atoms with van der Waals surface area (Å²) in [6.07, 6.45) is 2.91. The van der Waals surface area contributed by atoms with Crippen molar-refractivity contribution in [2.24, 2.45) is 11.3 Å². The van der Waals surface area contributed by atoms with Crippen LogP contribution < -0.4 is 0 Å². The van der Waals surface area contributed by atoms with Gasteiger partial charge in [0.2, 0.25) is 0 Å². The Hall–Kier alpha value is -2.29. The van der Waals surface area contributed by atoms with Gasteiger partial charge < -0.3 is 8.92 Å². The van der Waals surface area contributed by atoms with Gasteiger partial charge in [-0.25, -0.2) is 4.98 Å². The summed E-state index contributed by atoms with van der Waals surface area (Å²) in [6, 6.07) is 12.9. The molecule has 182 valence electrons. The van der Waals surface area contributed by atoms with E-state index in [1.54, 1.807) is 6.07 Å². The molecule has 0 bridgehead atoms. The maximum Gasteiger partial charge on any atom is 0.341 e. The Kier molecular flexibility index (Phi) is 7.12. The minimum atomic E-state index is -4.23. The number of hydrogen-bond acceptors (Lipinski definition) is 7. The molecule has 2 atom stereocenters. The number of nitrogens with zero attached hydrogens (tertiary/aromatic N) is 1. The van der Waals surface area contributed by atoms with E-state index in [0.29, 0.717) is 25.0 Å². The Balaban J connectivity index is 1.51. The molecule has 8 heteroatoms. The van der Waals surface area contributed by atoms with Crippen molar-refractivity contribution in [3.63, 3.8) is 0 Å².